The third-order valence-corrected chi connectivity index (χ3v) is 12.7. The number of aromatic nitrogens is 2. The molecule has 9 aromatic carbocycles. The van der Waals surface area contributed by atoms with Crippen LogP contribution in [0.25, 0.3) is 111 Å². The highest BCUT2D eigenvalue weighted by Gasteiger charge is 2.37. The second-order valence-corrected chi connectivity index (χ2v) is 16.5. The van der Waals surface area contributed by atoms with Crippen LogP contribution in [0.2, 0.25) is 0 Å². The molecule has 2 aromatic heterocycles. The van der Waals surface area contributed by atoms with E-state index in [1.165, 1.54) is 54.9 Å². The minimum atomic E-state index is -0.0933. The van der Waals surface area contributed by atoms with Crippen molar-refractivity contribution in [2.45, 2.75) is 19.3 Å². The van der Waals surface area contributed by atoms with Gasteiger partial charge in [0.25, 0.3) is 0 Å². The Kier molecular flexibility index (Phi) is 7.58. The van der Waals surface area contributed by atoms with E-state index in [0.717, 1.165) is 61.1 Å². The maximum atomic E-state index is 6.40. The SMILES string of the molecule is CC1(C)c2cc3ccccc3cc2-c2c(-c3ccc(-c4cc(-c5ccc(-c6cccc7oc8ccc9ccccc9c8c67)cc5)nc(-c5ccccc5)n4)cc3)cccc21. The van der Waals surface area contributed by atoms with Crippen molar-refractivity contribution in [3.05, 3.63) is 205 Å². The van der Waals surface area contributed by atoms with Crippen molar-refractivity contribution in [1.29, 1.82) is 0 Å². The number of rotatable bonds is 5. The van der Waals surface area contributed by atoms with Crippen LogP contribution in [-0.4, -0.2) is 9.97 Å². The lowest BCUT2D eigenvalue weighted by Gasteiger charge is -2.22. The standard InChI is InChI=1S/C57H38N2O/c1-57(2)47-20-10-18-43(53(47)46-32-41-15-6-7-16-42(41)33-48(46)57)36-22-26-38(27-23-36)49-34-50(59-56(58-49)40-13-4-3-5-14-40)39-28-24-37(25-29-39)45-19-11-21-51-54(45)55-44-17-9-8-12-35(44)30-31-52(55)60-51/h3-34H,1-2H3. The topological polar surface area (TPSA) is 38.9 Å². The zero-order chi connectivity index (χ0) is 40.0. The van der Waals surface area contributed by atoms with E-state index in [1.54, 1.807) is 0 Å². The largest absolute Gasteiger partial charge is 0.456 e. The maximum Gasteiger partial charge on any atom is 0.160 e. The summed E-state index contributed by atoms with van der Waals surface area (Å²) >= 11 is 0. The van der Waals surface area contributed by atoms with E-state index in [9.17, 15) is 0 Å². The third kappa shape index (κ3) is 5.36. The molecule has 0 bridgehead atoms. The molecule has 0 unspecified atom stereocenters. The molecular weight excluding hydrogens is 729 g/mol. The predicted octanol–water partition coefficient (Wildman–Crippen LogP) is 15.3. The Labute approximate surface area is 348 Å². The predicted molar refractivity (Wildman–Crippen MR) is 249 cm³/mol. The van der Waals surface area contributed by atoms with Crippen molar-refractivity contribution in [3.63, 3.8) is 0 Å². The monoisotopic (exact) mass is 766 g/mol. The number of hydrogen-bond acceptors (Lipinski definition) is 3. The van der Waals surface area contributed by atoms with Gasteiger partial charge in [-0.25, -0.2) is 9.97 Å². The van der Waals surface area contributed by atoms with Gasteiger partial charge in [0.2, 0.25) is 0 Å². The lowest BCUT2D eigenvalue weighted by molar-refractivity contribution is 0.661. The molecule has 0 saturated heterocycles. The average Bonchev–Trinajstić information content (AvgIpc) is 3.80. The summed E-state index contributed by atoms with van der Waals surface area (Å²) in [5.74, 6) is 0.699. The number of hydrogen-bond donors (Lipinski definition) is 0. The molecule has 3 heteroatoms. The Morgan fingerprint density at radius 1 is 0.383 bits per heavy atom. The first kappa shape index (κ1) is 34.4. The summed E-state index contributed by atoms with van der Waals surface area (Å²) in [5, 5.41) is 7.24. The van der Waals surface area contributed by atoms with Crippen LogP contribution in [0.4, 0.5) is 0 Å². The van der Waals surface area contributed by atoms with Crippen LogP contribution in [0.5, 0.6) is 0 Å². The highest BCUT2D eigenvalue weighted by Crippen LogP contribution is 2.53. The zero-order valence-electron chi connectivity index (χ0n) is 33.3. The zero-order valence-corrected chi connectivity index (χ0v) is 33.3. The normalized spacial score (nSPS) is 13.0. The Morgan fingerprint density at radius 3 is 1.70 bits per heavy atom. The molecule has 12 rings (SSSR count). The van der Waals surface area contributed by atoms with E-state index in [0.29, 0.717) is 5.82 Å². The molecule has 0 aliphatic heterocycles. The fourth-order valence-electron chi connectivity index (χ4n) is 9.64. The minimum Gasteiger partial charge on any atom is -0.456 e. The Bertz CT molecular complexity index is 3490. The first-order valence-corrected chi connectivity index (χ1v) is 20.6. The van der Waals surface area contributed by atoms with Gasteiger partial charge in [0.05, 0.1) is 11.4 Å². The molecule has 1 aliphatic rings. The van der Waals surface area contributed by atoms with Crippen LogP contribution >= 0.6 is 0 Å². The molecule has 3 nitrogen and oxygen atoms in total. The summed E-state index contributed by atoms with van der Waals surface area (Å²) < 4.78 is 6.40. The van der Waals surface area contributed by atoms with E-state index in [1.807, 2.05) is 18.2 Å². The molecule has 0 radical (unpaired) electrons. The molecule has 0 saturated carbocycles. The van der Waals surface area contributed by atoms with E-state index >= 15 is 0 Å². The maximum absolute atomic E-state index is 6.40. The van der Waals surface area contributed by atoms with Crippen LogP contribution in [0.3, 0.4) is 0 Å². The summed E-state index contributed by atoms with van der Waals surface area (Å²) in [4.78, 5) is 10.3. The lowest BCUT2D eigenvalue weighted by Crippen LogP contribution is -2.14. The number of nitrogens with zero attached hydrogens (tertiary/aromatic N) is 2. The molecule has 60 heavy (non-hydrogen) atoms. The Morgan fingerprint density at radius 2 is 0.967 bits per heavy atom. The van der Waals surface area contributed by atoms with E-state index in [-0.39, 0.29) is 5.41 Å². The first-order valence-electron chi connectivity index (χ1n) is 20.6. The minimum absolute atomic E-state index is 0.0933. The van der Waals surface area contributed by atoms with E-state index < -0.39 is 0 Å². The number of fused-ring (bicyclic) bond motifs is 9. The first-order chi connectivity index (χ1) is 29.5. The fraction of sp³-hybridized carbons (Fsp3) is 0.0526. The molecule has 0 spiro atoms. The summed E-state index contributed by atoms with van der Waals surface area (Å²) in [6.07, 6.45) is 0. The fourth-order valence-corrected chi connectivity index (χ4v) is 9.64. The van der Waals surface area contributed by atoms with Crippen molar-refractivity contribution in [2.24, 2.45) is 0 Å². The van der Waals surface area contributed by atoms with Crippen molar-refractivity contribution < 1.29 is 4.42 Å². The van der Waals surface area contributed by atoms with Crippen LogP contribution in [0.1, 0.15) is 25.0 Å². The van der Waals surface area contributed by atoms with Crippen LogP contribution in [0.15, 0.2) is 199 Å². The van der Waals surface area contributed by atoms with Crippen molar-refractivity contribution in [1.82, 2.24) is 9.97 Å². The summed E-state index contributed by atoms with van der Waals surface area (Å²) in [7, 11) is 0. The molecular formula is C57H38N2O. The molecule has 11 aromatic rings. The van der Waals surface area contributed by atoms with Crippen LogP contribution in [0, 0.1) is 0 Å². The smallest absolute Gasteiger partial charge is 0.160 e. The number of furan rings is 1. The molecule has 0 atom stereocenters. The van der Waals surface area contributed by atoms with Crippen LogP contribution in [-0.2, 0) is 5.41 Å². The lowest BCUT2D eigenvalue weighted by atomic mass is 9.81. The van der Waals surface area contributed by atoms with Crippen molar-refractivity contribution in [3.8, 4) is 67.3 Å². The van der Waals surface area contributed by atoms with Crippen molar-refractivity contribution in [2.75, 3.05) is 0 Å². The molecule has 2 heterocycles. The van der Waals surface area contributed by atoms with Gasteiger partial charge in [0.1, 0.15) is 11.2 Å². The van der Waals surface area contributed by atoms with Gasteiger partial charge in [0, 0.05) is 32.9 Å². The second kappa shape index (κ2) is 13.2. The highest BCUT2D eigenvalue weighted by molar-refractivity contribution is 6.22. The van der Waals surface area contributed by atoms with E-state index in [2.05, 4.69) is 190 Å². The van der Waals surface area contributed by atoms with E-state index in [4.69, 9.17) is 14.4 Å². The number of benzene rings is 9. The summed E-state index contributed by atoms with van der Waals surface area (Å²) in [5.41, 5.74) is 16.6. The van der Waals surface area contributed by atoms with Gasteiger partial charge in [-0.2, -0.15) is 0 Å². The molecule has 0 N–H and O–H groups in total. The second-order valence-electron chi connectivity index (χ2n) is 16.5. The molecule has 282 valence electrons. The van der Waals surface area contributed by atoms with Gasteiger partial charge in [-0.05, 0) is 96.4 Å². The van der Waals surface area contributed by atoms with Gasteiger partial charge in [-0.3, -0.25) is 0 Å². The summed E-state index contributed by atoms with van der Waals surface area (Å²) in [6.45, 7) is 4.71. The van der Waals surface area contributed by atoms with Crippen LogP contribution < -0.4 is 0 Å². The molecule has 1 aliphatic carbocycles. The molecule has 0 amide bonds. The third-order valence-electron chi connectivity index (χ3n) is 12.7. The Balaban J connectivity index is 0.940. The summed E-state index contributed by atoms with van der Waals surface area (Å²) in [6, 6.07) is 69.4. The van der Waals surface area contributed by atoms with Gasteiger partial charge < -0.3 is 4.42 Å². The van der Waals surface area contributed by atoms with Gasteiger partial charge >= 0.3 is 0 Å². The van der Waals surface area contributed by atoms with Gasteiger partial charge in [-0.15, -0.1) is 0 Å². The van der Waals surface area contributed by atoms with Gasteiger partial charge in [-0.1, -0.05) is 178 Å². The van der Waals surface area contributed by atoms with Crippen molar-refractivity contribution >= 4 is 43.5 Å². The average molecular weight is 767 g/mol. The quantitative estimate of drug-likeness (QED) is 0.175. The molecule has 0 fully saturated rings. The Hall–Kier alpha value is -7.62. The van der Waals surface area contributed by atoms with Gasteiger partial charge in [0.15, 0.2) is 5.82 Å². The highest BCUT2D eigenvalue weighted by atomic mass is 16.3.